The molecule has 0 aliphatic heterocycles. The summed E-state index contributed by atoms with van der Waals surface area (Å²) < 4.78 is 3.08. The average Bonchev–Trinajstić information content (AvgIpc) is 2.90. The van der Waals surface area contributed by atoms with Gasteiger partial charge in [0.05, 0.1) is 12.7 Å². The lowest BCUT2D eigenvalue weighted by Crippen LogP contribution is -2.01. The maximum absolute atomic E-state index is 4.47. The second-order valence-electron chi connectivity index (χ2n) is 4.83. The van der Waals surface area contributed by atoms with Crippen LogP contribution >= 0.6 is 15.9 Å². The van der Waals surface area contributed by atoms with Crippen LogP contribution in [0.5, 0.6) is 0 Å². The second kappa shape index (κ2) is 5.63. The highest BCUT2D eigenvalue weighted by atomic mass is 79.9. The molecule has 20 heavy (non-hydrogen) atoms. The van der Waals surface area contributed by atoms with Gasteiger partial charge in [0.1, 0.15) is 0 Å². The van der Waals surface area contributed by atoms with Crippen molar-refractivity contribution < 1.29 is 0 Å². The van der Waals surface area contributed by atoms with E-state index in [0.29, 0.717) is 0 Å². The van der Waals surface area contributed by atoms with Gasteiger partial charge in [0.25, 0.3) is 0 Å². The molecule has 0 fully saturated rings. The number of benzene rings is 2. The zero-order valence-electron chi connectivity index (χ0n) is 11.3. The van der Waals surface area contributed by atoms with Crippen LogP contribution in [0.1, 0.15) is 11.1 Å². The van der Waals surface area contributed by atoms with E-state index in [9.17, 15) is 0 Å². The topological polar surface area (TPSA) is 17.8 Å². The van der Waals surface area contributed by atoms with Gasteiger partial charge < -0.3 is 0 Å². The van der Waals surface area contributed by atoms with Crippen LogP contribution < -0.4 is 0 Å². The summed E-state index contributed by atoms with van der Waals surface area (Å²) in [7, 11) is 0. The van der Waals surface area contributed by atoms with Gasteiger partial charge in [-0.1, -0.05) is 58.4 Å². The molecule has 0 atom stereocenters. The van der Waals surface area contributed by atoms with E-state index in [0.717, 1.165) is 16.6 Å². The molecule has 0 N–H and O–H groups in total. The van der Waals surface area contributed by atoms with E-state index in [1.165, 1.54) is 16.7 Å². The molecule has 0 spiro atoms. The normalized spacial score (nSPS) is 10.7. The molecule has 3 aromatic rings. The van der Waals surface area contributed by atoms with E-state index in [-0.39, 0.29) is 0 Å². The quantitative estimate of drug-likeness (QED) is 0.683. The summed E-state index contributed by atoms with van der Waals surface area (Å²) >= 11 is 3.58. The first-order chi connectivity index (χ1) is 9.74. The van der Waals surface area contributed by atoms with E-state index in [1.807, 2.05) is 29.1 Å². The molecule has 3 heteroatoms. The van der Waals surface area contributed by atoms with Crippen molar-refractivity contribution in [1.29, 1.82) is 0 Å². The molecule has 0 aliphatic rings. The summed E-state index contributed by atoms with van der Waals surface area (Å²) in [6.07, 6.45) is 4.00. The zero-order valence-corrected chi connectivity index (χ0v) is 12.8. The fraction of sp³-hybridized carbons (Fsp3) is 0.118. The molecule has 2 nitrogen and oxygen atoms in total. The molecule has 0 saturated carbocycles. The number of aryl methyl sites for hydroxylation is 1. The zero-order chi connectivity index (χ0) is 13.9. The van der Waals surface area contributed by atoms with Crippen LogP contribution in [0, 0.1) is 6.92 Å². The first kappa shape index (κ1) is 13.1. The van der Waals surface area contributed by atoms with Crippen molar-refractivity contribution in [2.45, 2.75) is 13.5 Å². The SMILES string of the molecule is Cc1ccccc1Cn1cc(-c2ccccc2Br)cn1. The van der Waals surface area contributed by atoms with Gasteiger partial charge in [0, 0.05) is 16.2 Å². The van der Waals surface area contributed by atoms with Crippen molar-refractivity contribution in [3.8, 4) is 11.1 Å². The molecule has 0 bridgehead atoms. The summed E-state index contributed by atoms with van der Waals surface area (Å²) in [5, 5.41) is 4.47. The Morgan fingerprint density at radius 1 is 1.05 bits per heavy atom. The summed E-state index contributed by atoms with van der Waals surface area (Å²) in [5.74, 6) is 0. The molecule has 0 unspecified atom stereocenters. The number of nitrogens with zero attached hydrogens (tertiary/aromatic N) is 2. The van der Waals surface area contributed by atoms with Gasteiger partial charge in [-0.05, 0) is 29.7 Å². The molecular weight excluding hydrogens is 312 g/mol. The van der Waals surface area contributed by atoms with E-state index < -0.39 is 0 Å². The van der Waals surface area contributed by atoms with Crippen LogP contribution in [0.15, 0.2) is 65.4 Å². The molecule has 100 valence electrons. The van der Waals surface area contributed by atoms with E-state index >= 15 is 0 Å². The molecule has 1 heterocycles. The minimum absolute atomic E-state index is 0.803. The van der Waals surface area contributed by atoms with Crippen molar-refractivity contribution in [3.63, 3.8) is 0 Å². The van der Waals surface area contributed by atoms with Gasteiger partial charge in [-0.25, -0.2) is 0 Å². The molecule has 3 rings (SSSR count). The average molecular weight is 327 g/mol. The van der Waals surface area contributed by atoms with Crippen molar-refractivity contribution in [3.05, 3.63) is 76.5 Å². The van der Waals surface area contributed by atoms with Crippen LogP contribution in [0.2, 0.25) is 0 Å². The minimum atomic E-state index is 0.803. The maximum Gasteiger partial charge on any atom is 0.0662 e. The fourth-order valence-electron chi connectivity index (χ4n) is 2.25. The second-order valence-corrected chi connectivity index (χ2v) is 5.69. The van der Waals surface area contributed by atoms with Crippen LogP contribution in [0.25, 0.3) is 11.1 Å². The van der Waals surface area contributed by atoms with E-state index in [2.05, 4.69) is 64.5 Å². The summed E-state index contributed by atoms with van der Waals surface area (Å²) in [6, 6.07) is 16.6. The van der Waals surface area contributed by atoms with Crippen molar-refractivity contribution in [2.24, 2.45) is 0 Å². The molecule has 1 aromatic heterocycles. The highest BCUT2D eigenvalue weighted by Crippen LogP contribution is 2.27. The number of rotatable bonds is 3. The van der Waals surface area contributed by atoms with Gasteiger partial charge in [-0.15, -0.1) is 0 Å². The van der Waals surface area contributed by atoms with Gasteiger partial charge in [-0.3, -0.25) is 4.68 Å². The lowest BCUT2D eigenvalue weighted by atomic mass is 10.1. The van der Waals surface area contributed by atoms with Crippen LogP contribution in [-0.2, 0) is 6.54 Å². The van der Waals surface area contributed by atoms with Crippen LogP contribution in [-0.4, -0.2) is 9.78 Å². The Balaban J connectivity index is 1.88. The van der Waals surface area contributed by atoms with Gasteiger partial charge in [-0.2, -0.15) is 5.10 Å². The first-order valence-corrected chi connectivity index (χ1v) is 7.35. The van der Waals surface area contributed by atoms with Gasteiger partial charge >= 0.3 is 0 Å². The Labute approximate surface area is 127 Å². The lowest BCUT2D eigenvalue weighted by molar-refractivity contribution is 0.684. The number of hydrogen-bond acceptors (Lipinski definition) is 1. The molecule has 0 radical (unpaired) electrons. The Morgan fingerprint density at radius 3 is 2.60 bits per heavy atom. The fourth-order valence-corrected chi connectivity index (χ4v) is 2.76. The van der Waals surface area contributed by atoms with Crippen LogP contribution in [0.4, 0.5) is 0 Å². The third kappa shape index (κ3) is 2.68. The van der Waals surface area contributed by atoms with Gasteiger partial charge in [0.2, 0.25) is 0 Å². The number of hydrogen-bond donors (Lipinski definition) is 0. The Morgan fingerprint density at radius 2 is 1.80 bits per heavy atom. The Hall–Kier alpha value is -1.87. The van der Waals surface area contributed by atoms with Crippen molar-refractivity contribution in [1.82, 2.24) is 9.78 Å². The molecule has 0 amide bonds. The Bertz CT molecular complexity index is 731. The maximum atomic E-state index is 4.47. The molecule has 0 aliphatic carbocycles. The predicted octanol–water partition coefficient (Wildman–Crippen LogP) is 4.67. The van der Waals surface area contributed by atoms with Crippen LogP contribution in [0.3, 0.4) is 0 Å². The minimum Gasteiger partial charge on any atom is -0.268 e. The highest BCUT2D eigenvalue weighted by Gasteiger charge is 2.06. The largest absolute Gasteiger partial charge is 0.268 e. The van der Waals surface area contributed by atoms with E-state index in [1.54, 1.807) is 0 Å². The van der Waals surface area contributed by atoms with E-state index in [4.69, 9.17) is 0 Å². The number of aromatic nitrogens is 2. The Kier molecular flexibility index (Phi) is 3.70. The standard InChI is InChI=1S/C17H15BrN2/c1-13-6-2-3-7-14(13)11-20-12-15(10-19-20)16-8-4-5-9-17(16)18/h2-10,12H,11H2,1H3. The highest BCUT2D eigenvalue weighted by molar-refractivity contribution is 9.10. The van der Waals surface area contributed by atoms with Gasteiger partial charge in [0.15, 0.2) is 0 Å². The van der Waals surface area contributed by atoms with Crippen molar-refractivity contribution in [2.75, 3.05) is 0 Å². The molecular formula is C17H15BrN2. The lowest BCUT2D eigenvalue weighted by Gasteiger charge is -2.05. The predicted molar refractivity (Wildman–Crippen MR) is 85.6 cm³/mol. The third-order valence-electron chi connectivity index (χ3n) is 3.41. The molecule has 2 aromatic carbocycles. The summed E-state index contributed by atoms with van der Waals surface area (Å²) in [6.45, 7) is 2.94. The molecule has 0 saturated heterocycles. The summed E-state index contributed by atoms with van der Waals surface area (Å²) in [4.78, 5) is 0. The third-order valence-corrected chi connectivity index (χ3v) is 4.10. The first-order valence-electron chi connectivity index (χ1n) is 6.56. The monoisotopic (exact) mass is 326 g/mol. The number of halogens is 1. The summed E-state index contributed by atoms with van der Waals surface area (Å²) in [5.41, 5.74) is 4.90. The van der Waals surface area contributed by atoms with Crippen molar-refractivity contribution >= 4 is 15.9 Å². The smallest absolute Gasteiger partial charge is 0.0662 e.